The van der Waals surface area contributed by atoms with Crippen molar-refractivity contribution in [3.05, 3.63) is 71.3 Å². The van der Waals surface area contributed by atoms with Gasteiger partial charge in [0.25, 0.3) is 0 Å². The predicted octanol–water partition coefficient (Wildman–Crippen LogP) is 5.04. The van der Waals surface area contributed by atoms with Crippen LogP contribution in [0.4, 0.5) is 0 Å². The standard InChI is InChI=1S/C21H24O2S/c1-17-11-13-21(14-12-17)24(22,23)16-20-10-6-5-9-19(20)15-18-7-3-2-4-8-18/h2-4,7-8,11-15,20H,5-6,9-10,16H2,1H3/b19-15-. The minimum atomic E-state index is -3.24. The lowest BCUT2D eigenvalue weighted by Gasteiger charge is -2.25. The summed E-state index contributed by atoms with van der Waals surface area (Å²) in [5, 5.41) is 0. The van der Waals surface area contributed by atoms with Crippen LogP contribution in [0.25, 0.3) is 6.08 Å². The van der Waals surface area contributed by atoms with Gasteiger partial charge in [-0.1, -0.05) is 66.1 Å². The molecule has 2 nitrogen and oxygen atoms in total. The molecule has 0 N–H and O–H groups in total. The Morgan fingerprint density at radius 2 is 1.71 bits per heavy atom. The Kier molecular flexibility index (Phi) is 5.20. The molecular formula is C21H24O2S. The second-order valence-corrected chi connectivity index (χ2v) is 8.70. The van der Waals surface area contributed by atoms with Crippen LogP contribution >= 0.6 is 0 Å². The molecule has 1 aliphatic rings. The molecule has 2 aromatic rings. The van der Waals surface area contributed by atoms with E-state index in [2.05, 4.69) is 18.2 Å². The third-order valence-electron chi connectivity index (χ3n) is 4.74. The Balaban J connectivity index is 1.83. The molecule has 24 heavy (non-hydrogen) atoms. The molecule has 126 valence electrons. The summed E-state index contributed by atoms with van der Waals surface area (Å²) in [5.74, 6) is 0.347. The van der Waals surface area contributed by atoms with Crippen molar-refractivity contribution in [3.8, 4) is 0 Å². The van der Waals surface area contributed by atoms with E-state index in [1.165, 1.54) is 5.57 Å². The van der Waals surface area contributed by atoms with Crippen molar-refractivity contribution < 1.29 is 8.42 Å². The van der Waals surface area contributed by atoms with Crippen LogP contribution in [0.5, 0.6) is 0 Å². The number of aryl methyl sites for hydroxylation is 1. The van der Waals surface area contributed by atoms with E-state index in [1.54, 1.807) is 12.1 Å². The minimum Gasteiger partial charge on any atom is -0.224 e. The second-order valence-electron chi connectivity index (χ2n) is 6.67. The summed E-state index contributed by atoms with van der Waals surface area (Å²) in [7, 11) is -3.24. The van der Waals surface area contributed by atoms with Crippen LogP contribution in [0.3, 0.4) is 0 Å². The summed E-state index contributed by atoms with van der Waals surface area (Å²) >= 11 is 0. The van der Waals surface area contributed by atoms with Gasteiger partial charge in [0.1, 0.15) is 0 Å². The Hall–Kier alpha value is -1.87. The monoisotopic (exact) mass is 340 g/mol. The molecule has 1 fully saturated rings. The molecule has 1 aliphatic carbocycles. The van der Waals surface area contributed by atoms with E-state index in [4.69, 9.17) is 0 Å². The van der Waals surface area contributed by atoms with Crippen LogP contribution in [-0.2, 0) is 9.84 Å². The quantitative estimate of drug-likeness (QED) is 0.781. The van der Waals surface area contributed by atoms with Crippen LogP contribution in [0.1, 0.15) is 36.8 Å². The van der Waals surface area contributed by atoms with Gasteiger partial charge in [-0.05, 0) is 49.8 Å². The van der Waals surface area contributed by atoms with Gasteiger partial charge in [0.05, 0.1) is 10.6 Å². The highest BCUT2D eigenvalue weighted by atomic mass is 32.2. The highest BCUT2D eigenvalue weighted by Gasteiger charge is 2.26. The Morgan fingerprint density at radius 3 is 2.42 bits per heavy atom. The molecule has 0 spiro atoms. The van der Waals surface area contributed by atoms with E-state index in [0.717, 1.165) is 36.8 Å². The number of sulfone groups is 1. The van der Waals surface area contributed by atoms with Crippen LogP contribution in [0.15, 0.2) is 65.1 Å². The smallest absolute Gasteiger partial charge is 0.178 e. The van der Waals surface area contributed by atoms with Gasteiger partial charge in [0, 0.05) is 0 Å². The normalized spacial score (nSPS) is 20.2. The van der Waals surface area contributed by atoms with Gasteiger partial charge in [-0.3, -0.25) is 0 Å². The fourth-order valence-corrected chi connectivity index (χ4v) is 5.01. The number of rotatable bonds is 4. The minimum absolute atomic E-state index is 0.130. The lowest BCUT2D eigenvalue weighted by Crippen LogP contribution is -2.21. The van der Waals surface area contributed by atoms with E-state index >= 15 is 0 Å². The topological polar surface area (TPSA) is 34.1 Å². The summed E-state index contributed by atoms with van der Waals surface area (Å²) in [6.07, 6.45) is 6.42. The van der Waals surface area contributed by atoms with Crippen LogP contribution in [0.2, 0.25) is 0 Å². The van der Waals surface area contributed by atoms with Crippen molar-refractivity contribution >= 4 is 15.9 Å². The number of hydrogen-bond acceptors (Lipinski definition) is 2. The van der Waals surface area contributed by atoms with Crippen molar-refractivity contribution in [3.63, 3.8) is 0 Å². The molecule has 1 saturated carbocycles. The van der Waals surface area contributed by atoms with Crippen LogP contribution < -0.4 is 0 Å². The van der Waals surface area contributed by atoms with E-state index < -0.39 is 9.84 Å². The highest BCUT2D eigenvalue weighted by Crippen LogP contribution is 2.33. The van der Waals surface area contributed by atoms with Crippen molar-refractivity contribution in [1.29, 1.82) is 0 Å². The lowest BCUT2D eigenvalue weighted by atomic mass is 9.84. The largest absolute Gasteiger partial charge is 0.224 e. The molecule has 3 rings (SSSR count). The highest BCUT2D eigenvalue weighted by molar-refractivity contribution is 7.91. The molecule has 1 unspecified atom stereocenters. The predicted molar refractivity (Wildman–Crippen MR) is 99.6 cm³/mol. The van der Waals surface area contributed by atoms with E-state index in [9.17, 15) is 8.42 Å². The van der Waals surface area contributed by atoms with Crippen molar-refractivity contribution in [2.45, 2.75) is 37.5 Å². The molecule has 0 amide bonds. The molecular weight excluding hydrogens is 316 g/mol. The van der Waals surface area contributed by atoms with Crippen molar-refractivity contribution in [2.75, 3.05) is 5.75 Å². The first-order chi connectivity index (χ1) is 11.5. The third-order valence-corrected chi connectivity index (χ3v) is 6.58. The first-order valence-corrected chi connectivity index (χ1v) is 10.2. The molecule has 0 bridgehead atoms. The average Bonchev–Trinajstić information content (AvgIpc) is 2.58. The van der Waals surface area contributed by atoms with Gasteiger partial charge in [0.15, 0.2) is 9.84 Å². The molecule has 0 aliphatic heterocycles. The van der Waals surface area contributed by atoms with Gasteiger partial charge < -0.3 is 0 Å². The van der Waals surface area contributed by atoms with E-state index in [1.807, 2.05) is 37.3 Å². The first kappa shape index (κ1) is 17.0. The Labute approximate surface area is 145 Å². The van der Waals surface area contributed by atoms with Gasteiger partial charge in [-0.15, -0.1) is 0 Å². The maximum atomic E-state index is 12.8. The molecule has 0 heterocycles. The van der Waals surface area contributed by atoms with E-state index in [-0.39, 0.29) is 11.7 Å². The van der Waals surface area contributed by atoms with Gasteiger partial charge in [-0.25, -0.2) is 8.42 Å². The van der Waals surface area contributed by atoms with Crippen LogP contribution in [-0.4, -0.2) is 14.2 Å². The summed E-state index contributed by atoms with van der Waals surface area (Å²) in [5.41, 5.74) is 3.52. The SMILES string of the molecule is Cc1ccc(S(=O)(=O)CC2CCCC/C2=C/c2ccccc2)cc1. The lowest BCUT2D eigenvalue weighted by molar-refractivity contribution is 0.481. The molecule has 3 heteroatoms. The maximum absolute atomic E-state index is 12.8. The summed E-state index contributed by atoms with van der Waals surface area (Å²) in [6, 6.07) is 17.4. The number of benzene rings is 2. The zero-order valence-electron chi connectivity index (χ0n) is 14.1. The van der Waals surface area contributed by atoms with Crippen molar-refractivity contribution in [1.82, 2.24) is 0 Å². The molecule has 2 aromatic carbocycles. The van der Waals surface area contributed by atoms with E-state index in [0.29, 0.717) is 4.90 Å². The van der Waals surface area contributed by atoms with Gasteiger partial charge in [0.2, 0.25) is 0 Å². The fraction of sp³-hybridized carbons (Fsp3) is 0.333. The summed E-state index contributed by atoms with van der Waals surface area (Å²) < 4.78 is 25.6. The third kappa shape index (κ3) is 4.15. The molecule has 1 atom stereocenters. The Morgan fingerprint density at radius 1 is 1.00 bits per heavy atom. The fourth-order valence-electron chi connectivity index (χ4n) is 3.36. The molecule has 0 aromatic heterocycles. The Bertz CT molecular complexity index is 803. The second kappa shape index (κ2) is 7.35. The summed E-state index contributed by atoms with van der Waals surface area (Å²) in [4.78, 5) is 0.442. The first-order valence-electron chi connectivity index (χ1n) is 8.59. The molecule has 0 radical (unpaired) electrons. The maximum Gasteiger partial charge on any atom is 0.178 e. The van der Waals surface area contributed by atoms with Crippen molar-refractivity contribution in [2.24, 2.45) is 5.92 Å². The van der Waals surface area contributed by atoms with Gasteiger partial charge in [-0.2, -0.15) is 0 Å². The zero-order valence-corrected chi connectivity index (χ0v) is 14.9. The number of allylic oxidation sites excluding steroid dienone is 1. The zero-order chi connectivity index (χ0) is 17.0. The van der Waals surface area contributed by atoms with Gasteiger partial charge >= 0.3 is 0 Å². The molecule has 0 saturated heterocycles. The average molecular weight is 340 g/mol. The summed E-state index contributed by atoms with van der Waals surface area (Å²) in [6.45, 7) is 1.97. The van der Waals surface area contributed by atoms with Crippen LogP contribution in [0, 0.1) is 12.8 Å². The number of hydrogen-bond donors (Lipinski definition) is 0.